The summed E-state index contributed by atoms with van der Waals surface area (Å²) in [6.45, 7) is 61.9. The number of hydrogen-bond acceptors (Lipinski definition) is 5. The van der Waals surface area contributed by atoms with Crippen LogP contribution in [-0.2, 0) is 4.79 Å². The number of aliphatic hydroxyl groups is 3. The fourth-order valence-corrected chi connectivity index (χ4v) is 9.49. The summed E-state index contributed by atoms with van der Waals surface area (Å²) >= 11 is 0. The largest absolute Gasteiger partial charge is 0.513 e. The quantitative estimate of drug-likeness (QED) is 0.0649. The minimum absolute atomic E-state index is 0.0624. The van der Waals surface area contributed by atoms with E-state index >= 15 is 0 Å². The van der Waals surface area contributed by atoms with Gasteiger partial charge in [-0.1, -0.05) is 223 Å². The van der Waals surface area contributed by atoms with E-state index < -0.39 is 11.2 Å². The SMILES string of the molecule is C#C.C#CC(=C)C(C)C(=O)C(C)C[C@](C)(O)C[C@@H](C)CC.C=C(O)C/C(C)=C(C(\C)=C\C=C(C)C)/C(=C(\C)CC(C)(C)CC)c1ccccc1.CC.CC.CC.CC1CC(C)CC(N(C)C)C1.CC[C@@](C)(O)C(C)C(C)C. The summed E-state index contributed by atoms with van der Waals surface area (Å²) in [6, 6.07) is 11.5. The Kier molecular flexibility index (Phi) is 50.4. The van der Waals surface area contributed by atoms with Gasteiger partial charge in [0.1, 0.15) is 5.78 Å². The zero-order chi connectivity index (χ0) is 62.2. The smallest absolute Gasteiger partial charge is 0.143 e. The van der Waals surface area contributed by atoms with Gasteiger partial charge in [-0.25, -0.2) is 0 Å². The fraction of sp³-hybridized carbons (Fsp3) is 0.681. The molecule has 1 aromatic rings. The van der Waals surface area contributed by atoms with E-state index in [-0.39, 0.29) is 28.8 Å². The molecule has 5 unspecified atom stereocenters. The topological polar surface area (TPSA) is 81.0 Å². The normalized spacial score (nSPS) is 18.6. The van der Waals surface area contributed by atoms with Crippen LogP contribution in [0.25, 0.3) is 5.57 Å². The molecule has 1 aromatic carbocycles. The van der Waals surface area contributed by atoms with Gasteiger partial charge in [-0.15, -0.1) is 19.3 Å². The van der Waals surface area contributed by atoms with Gasteiger partial charge < -0.3 is 20.2 Å². The number of terminal acetylenes is 2. The number of allylic oxidation sites excluding steroid dienone is 9. The average molecular weight is 1070 g/mol. The summed E-state index contributed by atoms with van der Waals surface area (Å²) in [6.07, 6.45) is 27.5. The second-order valence-electron chi connectivity index (χ2n) is 23.6. The average Bonchev–Trinajstić information content (AvgIpc) is 3.38. The van der Waals surface area contributed by atoms with E-state index in [1.54, 1.807) is 6.92 Å². The van der Waals surface area contributed by atoms with Crippen LogP contribution in [0.2, 0.25) is 0 Å². The molecule has 1 fully saturated rings. The highest BCUT2D eigenvalue weighted by Crippen LogP contribution is 2.40. The van der Waals surface area contributed by atoms with Crippen molar-refractivity contribution in [3.8, 4) is 25.2 Å². The van der Waals surface area contributed by atoms with Crippen molar-refractivity contribution in [2.24, 2.45) is 46.8 Å². The molecule has 0 radical (unpaired) electrons. The maximum absolute atomic E-state index is 12.2. The summed E-state index contributed by atoms with van der Waals surface area (Å²) in [4.78, 5) is 14.6. The van der Waals surface area contributed by atoms with Crippen LogP contribution in [0.3, 0.4) is 0 Å². The monoisotopic (exact) mass is 1070 g/mol. The number of carbonyl (C=O) groups is 1. The Labute approximate surface area is 482 Å². The Morgan fingerprint density at radius 2 is 1.23 bits per heavy atom. The third-order valence-electron chi connectivity index (χ3n) is 14.8. The number of benzene rings is 1. The van der Waals surface area contributed by atoms with E-state index in [9.17, 15) is 20.1 Å². The Morgan fingerprint density at radius 1 is 0.766 bits per heavy atom. The lowest BCUT2D eigenvalue weighted by molar-refractivity contribution is -0.127. The molecule has 0 bridgehead atoms. The number of rotatable bonds is 21. The molecule has 0 spiro atoms. The van der Waals surface area contributed by atoms with Crippen molar-refractivity contribution in [1.82, 2.24) is 4.90 Å². The van der Waals surface area contributed by atoms with Crippen LogP contribution in [0.1, 0.15) is 250 Å². The predicted molar refractivity (Wildman–Crippen MR) is 349 cm³/mol. The minimum Gasteiger partial charge on any atom is -0.513 e. The molecule has 5 heteroatoms. The molecule has 1 saturated carbocycles. The van der Waals surface area contributed by atoms with E-state index in [4.69, 9.17) is 6.42 Å². The van der Waals surface area contributed by atoms with E-state index in [2.05, 4.69) is 197 Å². The molecule has 0 aliphatic heterocycles. The van der Waals surface area contributed by atoms with Crippen molar-refractivity contribution in [1.29, 1.82) is 0 Å². The van der Waals surface area contributed by atoms with Crippen LogP contribution in [0.4, 0.5) is 0 Å². The number of nitrogens with zero attached hydrogens (tertiary/aromatic N) is 1. The molecule has 2 rings (SSSR count). The summed E-state index contributed by atoms with van der Waals surface area (Å²) in [5.41, 5.74) is 8.18. The van der Waals surface area contributed by atoms with Gasteiger partial charge in [0.2, 0.25) is 0 Å². The number of aliphatic hydroxyl groups excluding tert-OH is 1. The first-order chi connectivity index (χ1) is 35.6. The highest BCUT2D eigenvalue weighted by Gasteiger charge is 2.31. The lowest BCUT2D eigenvalue weighted by Gasteiger charge is -2.35. The van der Waals surface area contributed by atoms with Crippen LogP contribution < -0.4 is 0 Å². The number of Topliss-reactive ketones (excluding diaryl/α,β-unsaturated/α-hetero) is 1. The minimum atomic E-state index is -0.804. The standard InChI is InChI=1S/C28H40O.C17H28O2.C10H21N.C9H20O.3C2H6.C2H2/c1-10-28(8,9)19-23(6)27(25-14-12-11-13-15-25)26(22(5)18-24(7)29)21(4)17-16-20(2)3;1-8-12(3)10-17(7,19)11-14(5)16(18)15(6)13(4)9-2;1-8-5-9(2)7-10(6-8)11(3)4;1-6-9(5,10)8(4)7(2)3;4*1-2/h11-17,29H,7,10,18-19H2,1-6,8-9H3;2,12,14-15,19H,4,8,10-11H2,1,3,5-7H3;8-10H,5-7H2,1-4H3;7-8,10H,6H2,1-5H3;3*1-2H3;1-2H/b21-17+,26-22+,27-23+;;;;;;;/t;12-,14?,15?,17+;;8?,9-;;;;/m.0.1..../s1. The molecule has 1 aliphatic carbocycles. The van der Waals surface area contributed by atoms with Crippen LogP contribution in [0.15, 0.2) is 94.8 Å². The summed E-state index contributed by atoms with van der Waals surface area (Å²) in [5, 5.41) is 30.1. The molecule has 1 aliphatic rings. The summed E-state index contributed by atoms with van der Waals surface area (Å²) < 4.78 is 0. The van der Waals surface area contributed by atoms with Crippen molar-refractivity contribution in [2.75, 3.05) is 14.1 Å². The van der Waals surface area contributed by atoms with E-state index in [1.807, 2.05) is 69.2 Å². The van der Waals surface area contributed by atoms with Crippen molar-refractivity contribution in [2.45, 2.75) is 261 Å². The van der Waals surface area contributed by atoms with Crippen LogP contribution >= 0.6 is 0 Å². The molecule has 0 heterocycles. The van der Waals surface area contributed by atoms with Gasteiger partial charge in [-0.2, -0.15) is 0 Å². The molecule has 77 heavy (non-hydrogen) atoms. The van der Waals surface area contributed by atoms with Crippen molar-refractivity contribution in [3.63, 3.8) is 0 Å². The highest BCUT2D eigenvalue weighted by molar-refractivity contribution is 5.87. The maximum atomic E-state index is 12.2. The second-order valence-corrected chi connectivity index (χ2v) is 23.6. The lowest BCUT2D eigenvalue weighted by atomic mass is 9.78. The third kappa shape index (κ3) is 38.4. The first kappa shape index (κ1) is 84.4. The number of hydrogen-bond donors (Lipinski definition) is 3. The molecule has 0 amide bonds. The zero-order valence-electron chi connectivity index (χ0n) is 56.1. The Hall–Kier alpha value is -3.87. The Balaban J connectivity index is -0.000000225. The molecular weight excluding hydrogens is 943 g/mol. The lowest BCUT2D eigenvalue weighted by Crippen LogP contribution is -2.35. The zero-order valence-corrected chi connectivity index (χ0v) is 56.1. The van der Waals surface area contributed by atoms with Gasteiger partial charge in [0.15, 0.2) is 0 Å². The summed E-state index contributed by atoms with van der Waals surface area (Å²) in [5.74, 6) is 5.43. The van der Waals surface area contributed by atoms with Gasteiger partial charge in [-0.3, -0.25) is 4.79 Å². The Bertz CT molecular complexity index is 1890. The van der Waals surface area contributed by atoms with Crippen LogP contribution in [0.5, 0.6) is 0 Å². The highest BCUT2D eigenvalue weighted by atomic mass is 16.3. The van der Waals surface area contributed by atoms with Crippen LogP contribution in [0, 0.1) is 72.0 Å². The van der Waals surface area contributed by atoms with Crippen LogP contribution in [-0.4, -0.2) is 57.3 Å². The first-order valence-corrected chi connectivity index (χ1v) is 29.9. The molecule has 0 saturated heterocycles. The van der Waals surface area contributed by atoms with Gasteiger partial charge in [-0.05, 0) is 165 Å². The third-order valence-corrected chi connectivity index (χ3v) is 14.8. The number of carbonyl (C=O) groups excluding carboxylic acids is 1. The van der Waals surface area contributed by atoms with Gasteiger partial charge >= 0.3 is 0 Å². The second kappa shape index (κ2) is 45.9. The molecule has 0 aromatic heterocycles. The molecule has 8 atom stereocenters. The van der Waals surface area contributed by atoms with Gasteiger partial charge in [0.25, 0.3) is 0 Å². The fourth-order valence-electron chi connectivity index (χ4n) is 9.49. The molecule has 5 nitrogen and oxygen atoms in total. The van der Waals surface area contributed by atoms with E-state index in [0.29, 0.717) is 42.6 Å². The molecular formula is C72H129NO4. The Morgan fingerprint density at radius 3 is 1.58 bits per heavy atom. The molecule has 3 N–H and O–H groups in total. The molecule has 446 valence electrons. The van der Waals surface area contributed by atoms with Crippen molar-refractivity contribution < 1.29 is 20.1 Å². The van der Waals surface area contributed by atoms with Gasteiger partial charge in [0, 0.05) is 29.9 Å². The predicted octanol–water partition coefficient (Wildman–Crippen LogP) is 20.7. The van der Waals surface area contributed by atoms with Gasteiger partial charge in [0.05, 0.1) is 17.0 Å². The maximum Gasteiger partial charge on any atom is 0.143 e. The van der Waals surface area contributed by atoms with Crippen molar-refractivity contribution >= 4 is 11.4 Å². The summed E-state index contributed by atoms with van der Waals surface area (Å²) in [7, 11) is 4.41. The van der Waals surface area contributed by atoms with E-state index in [1.165, 1.54) is 52.7 Å². The first-order valence-electron chi connectivity index (χ1n) is 29.9. The van der Waals surface area contributed by atoms with Crippen molar-refractivity contribution in [3.05, 3.63) is 100 Å². The number of ketones is 1. The van der Waals surface area contributed by atoms with E-state index in [0.717, 1.165) is 49.1 Å².